The molecule has 19 heavy (non-hydrogen) atoms. The Kier molecular flexibility index (Phi) is 5.30. The van der Waals surface area contributed by atoms with Crippen LogP contribution in [-0.2, 0) is 16.6 Å². The molecule has 0 saturated carbocycles. The largest absolute Gasteiger partial charge is 0.313 e. The van der Waals surface area contributed by atoms with Crippen LogP contribution in [0.5, 0.6) is 0 Å². The highest BCUT2D eigenvalue weighted by atomic mass is 32.2. The molecule has 5 nitrogen and oxygen atoms in total. The summed E-state index contributed by atoms with van der Waals surface area (Å²) >= 11 is 0. The van der Waals surface area contributed by atoms with E-state index in [2.05, 4.69) is 10.3 Å². The summed E-state index contributed by atoms with van der Waals surface area (Å²) in [4.78, 5) is 4.05. The molecule has 2 heterocycles. The summed E-state index contributed by atoms with van der Waals surface area (Å²) < 4.78 is 25.2. The molecule has 0 amide bonds. The predicted molar refractivity (Wildman–Crippen MR) is 75.2 cm³/mol. The first-order valence-electron chi connectivity index (χ1n) is 6.76. The van der Waals surface area contributed by atoms with Gasteiger partial charge in [0, 0.05) is 32.0 Å². The zero-order valence-electron chi connectivity index (χ0n) is 11.1. The Morgan fingerprint density at radius 1 is 1.37 bits per heavy atom. The highest BCUT2D eigenvalue weighted by Crippen LogP contribution is 2.13. The first-order valence-corrected chi connectivity index (χ1v) is 8.37. The van der Waals surface area contributed by atoms with Crippen LogP contribution in [0.25, 0.3) is 0 Å². The Labute approximate surface area is 115 Å². The highest BCUT2D eigenvalue weighted by Gasteiger charge is 2.24. The maximum Gasteiger partial charge on any atom is 0.214 e. The maximum atomic E-state index is 11.8. The van der Waals surface area contributed by atoms with Crippen LogP contribution in [0.4, 0.5) is 0 Å². The molecule has 0 bridgehead atoms. The molecule has 1 aromatic heterocycles. The number of sulfonamides is 1. The number of rotatable bonds is 6. The Hall–Kier alpha value is -0.980. The number of pyridine rings is 1. The third-order valence-electron chi connectivity index (χ3n) is 3.27. The Morgan fingerprint density at radius 2 is 2.26 bits per heavy atom. The molecule has 0 radical (unpaired) electrons. The van der Waals surface area contributed by atoms with E-state index in [1.807, 2.05) is 18.3 Å². The van der Waals surface area contributed by atoms with E-state index in [1.165, 1.54) is 0 Å². The van der Waals surface area contributed by atoms with E-state index in [4.69, 9.17) is 0 Å². The maximum absolute atomic E-state index is 11.8. The fourth-order valence-corrected chi connectivity index (χ4v) is 3.85. The minimum Gasteiger partial charge on any atom is -0.313 e. The Morgan fingerprint density at radius 3 is 3.00 bits per heavy atom. The average Bonchev–Trinajstić information content (AvgIpc) is 2.41. The van der Waals surface area contributed by atoms with Crippen LogP contribution in [0, 0.1) is 0 Å². The first-order chi connectivity index (χ1) is 9.18. The first kappa shape index (κ1) is 14.4. The van der Waals surface area contributed by atoms with Gasteiger partial charge < -0.3 is 5.32 Å². The van der Waals surface area contributed by atoms with Crippen molar-refractivity contribution in [3.8, 4) is 0 Å². The summed E-state index contributed by atoms with van der Waals surface area (Å²) in [5, 5.41) is 3.31. The lowest BCUT2D eigenvalue weighted by Gasteiger charge is -2.26. The second-order valence-corrected chi connectivity index (χ2v) is 6.90. The molecule has 1 saturated heterocycles. The number of nitrogens with zero attached hydrogens (tertiary/aromatic N) is 2. The van der Waals surface area contributed by atoms with Gasteiger partial charge in [0.25, 0.3) is 0 Å². The van der Waals surface area contributed by atoms with E-state index in [-0.39, 0.29) is 0 Å². The van der Waals surface area contributed by atoms with Crippen LogP contribution in [0.1, 0.15) is 24.8 Å². The van der Waals surface area contributed by atoms with Crippen LogP contribution in [0.2, 0.25) is 0 Å². The summed E-state index contributed by atoms with van der Waals surface area (Å²) in [6.45, 7) is 2.91. The topological polar surface area (TPSA) is 62.3 Å². The molecule has 0 spiro atoms. The van der Waals surface area contributed by atoms with E-state index in [1.54, 1.807) is 10.5 Å². The van der Waals surface area contributed by atoms with Gasteiger partial charge in [0.05, 0.1) is 5.75 Å². The standard InChI is InChI=1S/C13H21N3O2S/c17-19(18)10-2-1-8-16(19)9-4-7-15-12-13-5-3-6-14-11-13/h3,5-6,11,15H,1-2,4,7-10,12H2. The smallest absolute Gasteiger partial charge is 0.214 e. The Balaban J connectivity index is 1.64. The highest BCUT2D eigenvalue weighted by molar-refractivity contribution is 7.89. The van der Waals surface area contributed by atoms with E-state index in [0.29, 0.717) is 18.8 Å². The molecule has 0 aliphatic carbocycles. The number of hydrogen-bond donors (Lipinski definition) is 1. The molecule has 1 fully saturated rings. The summed E-state index contributed by atoms with van der Waals surface area (Å²) in [7, 11) is -2.97. The summed E-state index contributed by atoms with van der Waals surface area (Å²) in [5.74, 6) is 0.316. The second-order valence-electron chi connectivity index (χ2n) is 4.81. The SMILES string of the molecule is O=S1(=O)CCCCN1CCCNCc1cccnc1. The number of hydrogen-bond acceptors (Lipinski definition) is 4. The molecule has 6 heteroatoms. The van der Waals surface area contributed by atoms with Gasteiger partial charge in [-0.15, -0.1) is 0 Å². The normalized spacial score (nSPS) is 19.4. The van der Waals surface area contributed by atoms with Gasteiger partial charge in [-0.2, -0.15) is 0 Å². The van der Waals surface area contributed by atoms with Crippen LogP contribution in [0.3, 0.4) is 0 Å². The van der Waals surface area contributed by atoms with E-state index < -0.39 is 10.0 Å². The molecule has 0 unspecified atom stereocenters. The molecule has 1 aliphatic rings. The average molecular weight is 283 g/mol. The van der Waals surface area contributed by atoms with Gasteiger partial charge in [-0.3, -0.25) is 4.98 Å². The minimum absolute atomic E-state index is 0.316. The van der Waals surface area contributed by atoms with Gasteiger partial charge >= 0.3 is 0 Å². The molecule has 106 valence electrons. The van der Waals surface area contributed by atoms with Gasteiger partial charge in [-0.05, 0) is 37.4 Å². The van der Waals surface area contributed by atoms with Gasteiger partial charge in [0.2, 0.25) is 10.0 Å². The molecular formula is C13H21N3O2S. The number of aromatic nitrogens is 1. The van der Waals surface area contributed by atoms with Gasteiger partial charge in [-0.1, -0.05) is 6.07 Å². The van der Waals surface area contributed by atoms with Crippen LogP contribution in [-0.4, -0.2) is 43.1 Å². The summed E-state index contributed by atoms with van der Waals surface area (Å²) in [5.41, 5.74) is 1.15. The van der Waals surface area contributed by atoms with Crippen LogP contribution < -0.4 is 5.32 Å². The minimum atomic E-state index is -2.97. The van der Waals surface area contributed by atoms with Crippen LogP contribution >= 0.6 is 0 Å². The molecule has 1 aromatic rings. The zero-order chi connectivity index (χ0) is 13.6. The van der Waals surface area contributed by atoms with Gasteiger partial charge in [0.15, 0.2) is 0 Å². The molecule has 0 aromatic carbocycles. The molecule has 0 atom stereocenters. The van der Waals surface area contributed by atoms with E-state index in [0.717, 1.165) is 37.9 Å². The van der Waals surface area contributed by atoms with Crippen molar-refractivity contribution in [2.45, 2.75) is 25.8 Å². The quantitative estimate of drug-likeness (QED) is 0.791. The van der Waals surface area contributed by atoms with Crippen molar-refractivity contribution in [2.75, 3.05) is 25.4 Å². The number of nitrogens with one attached hydrogen (secondary N) is 1. The fourth-order valence-electron chi connectivity index (χ4n) is 2.21. The van der Waals surface area contributed by atoms with Crippen molar-refractivity contribution >= 4 is 10.0 Å². The molecule has 1 aliphatic heterocycles. The lowest BCUT2D eigenvalue weighted by atomic mass is 10.3. The van der Waals surface area contributed by atoms with Crippen molar-refractivity contribution in [2.24, 2.45) is 0 Å². The third kappa shape index (κ3) is 4.56. The van der Waals surface area contributed by atoms with Crippen molar-refractivity contribution in [3.63, 3.8) is 0 Å². The third-order valence-corrected chi connectivity index (χ3v) is 5.22. The summed E-state index contributed by atoms with van der Waals surface area (Å²) in [6, 6.07) is 3.94. The van der Waals surface area contributed by atoms with Crippen molar-refractivity contribution in [1.29, 1.82) is 0 Å². The van der Waals surface area contributed by atoms with Gasteiger partial charge in [-0.25, -0.2) is 12.7 Å². The van der Waals surface area contributed by atoms with Gasteiger partial charge in [0.1, 0.15) is 0 Å². The van der Waals surface area contributed by atoms with Crippen molar-refractivity contribution < 1.29 is 8.42 Å². The summed E-state index contributed by atoms with van der Waals surface area (Å²) in [6.07, 6.45) is 6.23. The predicted octanol–water partition coefficient (Wildman–Crippen LogP) is 0.987. The zero-order valence-corrected chi connectivity index (χ0v) is 11.9. The fraction of sp³-hybridized carbons (Fsp3) is 0.615. The lowest BCUT2D eigenvalue weighted by Crippen LogP contribution is -2.39. The van der Waals surface area contributed by atoms with Crippen LogP contribution in [0.15, 0.2) is 24.5 Å². The monoisotopic (exact) mass is 283 g/mol. The lowest BCUT2D eigenvalue weighted by molar-refractivity contribution is 0.375. The van der Waals surface area contributed by atoms with E-state index >= 15 is 0 Å². The van der Waals surface area contributed by atoms with E-state index in [9.17, 15) is 8.42 Å². The second kappa shape index (κ2) is 6.98. The molecule has 1 N–H and O–H groups in total. The molecule has 2 rings (SSSR count). The molecular weight excluding hydrogens is 262 g/mol. The Bertz CT molecular complexity index is 476. The van der Waals surface area contributed by atoms with Crippen molar-refractivity contribution in [3.05, 3.63) is 30.1 Å². The van der Waals surface area contributed by atoms with Crippen molar-refractivity contribution in [1.82, 2.24) is 14.6 Å².